The van der Waals surface area contributed by atoms with Gasteiger partial charge in [-0.2, -0.15) is 0 Å². The lowest BCUT2D eigenvalue weighted by Crippen LogP contribution is -2.48. The Morgan fingerprint density at radius 3 is 2.61 bits per heavy atom. The van der Waals surface area contributed by atoms with Gasteiger partial charge in [0, 0.05) is 20.2 Å². The summed E-state index contributed by atoms with van der Waals surface area (Å²) in [7, 11) is -2.01. The van der Waals surface area contributed by atoms with Crippen LogP contribution in [-0.4, -0.2) is 50.3 Å². The van der Waals surface area contributed by atoms with Crippen molar-refractivity contribution >= 4 is 15.9 Å². The minimum absolute atomic E-state index is 0.0878. The highest BCUT2D eigenvalue weighted by Gasteiger charge is 2.32. The second-order valence-corrected chi connectivity index (χ2v) is 7.18. The number of ether oxygens (including phenoxy) is 1. The standard InChI is InChI=1S/C11H22N2O4S/c1-11(2,17-3)7-10(14)13-6-4-5-9(8-13)18(12,15)16/h9H,4-8H2,1-3H3,(H2,12,15,16). The first-order chi connectivity index (χ1) is 8.15. The first-order valence-electron chi connectivity index (χ1n) is 6.00. The fourth-order valence-corrected chi connectivity index (χ4v) is 2.86. The van der Waals surface area contributed by atoms with E-state index < -0.39 is 20.9 Å². The number of rotatable bonds is 4. The zero-order chi connectivity index (χ0) is 14.0. The molecule has 0 spiro atoms. The number of piperidine rings is 1. The number of amides is 1. The molecule has 0 bridgehead atoms. The first-order valence-corrected chi connectivity index (χ1v) is 7.61. The molecule has 1 aliphatic rings. The van der Waals surface area contributed by atoms with Gasteiger partial charge in [0.15, 0.2) is 0 Å². The van der Waals surface area contributed by atoms with Crippen LogP contribution in [0.15, 0.2) is 0 Å². The molecule has 1 saturated heterocycles. The van der Waals surface area contributed by atoms with Crippen molar-refractivity contribution in [1.29, 1.82) is 0 Å². The number of carbonyl (C=O) groups is 1. The van der Waals surface area contributed by atoms with E-state index in [1.165, 1.54) is 0 Å². The maximum absolute atomic E-state index is 12.1. The van der Waals surface area contributed by atoms with Gasteiger partial charge in [-0.3, -0.25) is 4.79 Å². The van der Waals surface area contributed by atoms with Crippen LogP contribution >= 0.6 is 0 Å². The van der Waals surface area contributed by atoms with Gasteiger partial charge in [0.2, 0.25) is 15.9 Å². The number of hydrogen-bond acceptors (Lipinski definition) is 4. The molecule has 0 aromatic rings. The van der Waals surface area contributed by atoms with Crippen LogP contribution in [-0.2, 0) is 19.6 Å². The van der Waals surface area contributed by atoms with Gasteiger partial charge < -0.3 is 9.64 Å². The van der Waals surface area contributed by atoms with Crippen molar-refractivity contribution in [3.63, 3.8) is 0 Å². The van der Waals surface area contributed by atoms with E-state index in [9.17, 15) is 13.2 Å². The van der Waals surface area contributed by atoms with Crippen molar-refractivity contribution in [2.75, 3.05) is 20.2 Å². The molecule has 0 aromatic heterocycles. The zero-order valence-corrected chi connectivity index (χ0v) is 12.0. The van der Waals surface area contributed by atoms with E-state index in [0.29, 0.717) is 19.4 Å². The lowest BCUT2D eigenvalue weighted by atomic mass is 10.0. The van der Waals surface area contributed by atoms with Gasteiger partial charge in [0.05, 0.1) is 17.3 Å². The van der Waals surface area contributed by atoms with Gasteiger partial charge in [-0.05, 0) is 26.7 Å². The van der Waals surface area contributed by atoms with Crippen molar-refractivity contribution in [1.82, 2.24) is 4.90 Å². The molecule has 1 atom stereocenters. The molecule has 6 nitrogen and oxygen atoms in total. The normalized spacial score (nSPS) is 22.0. The van der Waals surface area contributed by atoms with E-state index in [1.54, 1.807) is 12.0 Å². The van der Waals surface area contributed by atoms with E-state index in [1.807, 2.05) is 13.8 Å². The van der Waals surface area contributed by atoms with Gasteiger partial charge >= 0.3 is 0 Å². The third kappa shape index (κ3) is 4.22. The molecule has 1 rings (SSSR count). The highest BCUT2D eigenvalue weighted by Crippen LogP contribution is 2.20. The SMILES string of the molecule is COC(C)(C)CC(=O)N1CCCC(S(N)(=O)=O)C1. The minimum Gasteiger partial charge on any atom is -0.378 e. The predicted molar refractivity (Wildman–Crippen MR) is 68.4 cm³/mol. The summed E-state index contributed by atoms with van der Waals surface area (Å²) in [6.45, 7) is 4.43. The lowest BCUT2D eigenvalue weighted by molar-refractivity contribution is -0.137. The first kappa shape index (κ1) is 15.4. The molecule has 7 heteroatoms. The summed E-state index contributed by atoms with van der Waals surface area (Å²) in [6.07, 6.45) is 1.43. The van der Waals surface area contributed by atoms with Crippen LogP contribution in [0.4, 0.5) is 0 Å². The van der Waals surface area contributed by atoms with Gasteiger partial charge in [-0.1, -0.05) is 0 Å². The van der Waals surface area contributed by atoms with Crippen molar-refractivity contribution in [2.24, 2.45) is 5.14 Å². The topological polar surface area (TPSA) is 89.7 Å². The number of sulfonamides is 1. The Morgan fingerprint density at radius 1 is 1.50 bits per heavy atom. The molecule has 1 amide bonds. The molecule has 1 aliphatic heterocycles. The fraction of sp³-hybridized carbons (Fsp3) is 0.909. The number of methoxy groups -OCH3 is 1. The molecule has 1 unspecified atom stereocenters. The monoisotopic (exact) mass is 278 g/mol. The Balaban J connectivity index is 2.65. The van der Waals surface area contributed by atoms with Crippen LogP contribution in [0.5, 0.6) is 0 Å². The molecule has 0 aromatic carbocycles. The number of hydrogen-bond donors (Lipinski definition) is 1. The lowest BCUT2D eigenvalue weighted by Gasteiger charge is -2.33. The highest BCUT2D eigenvalue weighted by atomic mass is 32.2. The molecule has 18 heavy (non-hydrogen) atoms. The summed E-state index contributed by atoms with van der Waals surface area (Å²) in [4.78, 5) is 13.6. The quantitative estimate of drug-likeness (QED) is 0.788. The van der Waals surface area contributed by atoms with E-state index >= 15 is 0 Å². The molecule has 0 saturated carbocycles. The number of carbonyl (C=O) groups excluding carboxylic acids is 1. The number of nitrogens with two attached hydrogens (primary N) is 1. The summed E-state index contributed by atoms with van der Waals surface area (Å²) in [5.74, 6) is -0.0878. The third-order valence-electron chi connectivity index (χ3n) is 3.33. The molecule has 2 N–H and O–H groups in total. The molecule has 106 valence electrons. The van der Waals surface area contributed by atoms with E-state index in [0.717, 1.165) is 0 Å². The maximum Gasteiger partial charge on any atom is 0.225 e. The summed E-state index contributed by atoms with van der Waals surface area (Å²) in [5, 5.41) is 4.50. The number of primary sulfonamides is 1. The predicted octanol–water partition coefficient (Wildman–Crippen LogP) is 0.0810. The third-order valence-corrected chi connectivity index (χ3v) is 4.64. The number of nitrogens with zero attached hydrogens (tertiary/aromatic N) is 1. The summed E-state index contributed by atoms with van der Waals surface area (Å²) in [5.41, 5.74) is -0.536. The molecule has 0 radical (unpaired) electrons. The van der Waals surface area contributed by atoms with Crippen molar-refractivity contribution < 1.29 is 17.9 Å². The summed E-state index contributed by atoms with van der Waals surface area (Å²) >= 11 is 0. The van der Waals surface area contributed by atoms with Crippen molar-refractivity contribution in [3.05, 3.63) is 0 Å². The largest absolute Gasteiger partial charge is 0.378 e. The van der Waals surface area contributed by atoms with Crippen LogP contribution in [0.1, 0.15) is 33.1 Å². The molecular formula is C11H22N2O4S. The average molecular weight is 278 g/mol. The Labute approximate surface area is 109 Å². The summed E-state index contributed by atoms with van der Waals surface area (Å²) in [6, 6.07) is 0. The average Bonchev–Trinajstić information content (AvgIpc) is 2.27. The highest BCUT2D eigenvalue weighted by molar-refractivity contribution is 7.89. The van der Waals surface area contributed by atoms with Crippen molar-refractivity contribution in [3.8, 4) is 0 Å². The molecule has 1 heterocycles. The van der Waals surface area contributed by atoms with Crippen molar-refractivity contribution in [2.45, 2.75) is 44.0 Å². The van der Waals surface area contributed by atoms with Gasteiger partial charge in [-0.15, -0.1) is 0 Å². The van der Waals surface area contributed by atoms with Crippen LogP contribution in [0, 0.1) is 0 Å². The smallest absolute Gasteiger partial charge is 0.225 e. The molecule has 1 fully saturated rings. The van der Waals surface area contributed by atoms with Crippen LogP contribution in [0.2, 0.25) is 0 Å². The van der Waals surface area contributed by atoms with Crippen LogP contribution in [0.3, 0.4) is 0 Å². The Morgan fingerprint density at radius 2 is 2.11 bits per heavy atom. The minimum atomic E-state index is -3.57. The Bertz CT molecular complexity index is 405. The maximum atomic E-state index is 12.1. The van der Waals surface area contributed by atoms with Gasteiger partial charge in [0.1, 0.15) is 0 Å². The van der Waals surface area contributed by atoms with Gasteiger partial charge in [0.25, 0.3) is 0 Å². The zero-order valence-electron chi connectivity index (χ0n) is 11.2. The van der Waals surface area contributed by atoms with Crippen LogP contribution in [0.25, 0.3) is 0 Å². The second-order valence-electron chi connectivity index (χ2n) is 5.33. The van der Waals surface area contributed by atoms with Gasteiger partial charge in [-0.25, -0.2) is 13.6 Å². The summed E-state index contributed by atoms with van der Waals surface area (Å²) < 4.78 is 27.8. The molecular weight excluding hydrogens is 256 g/mol. The van der Waals surface area contributed by atoms with E-state index in [-0.39, 0.29) is 18.9 Å². The van der Waals surface area contributed by atoms with E-state index in [4.69, 9.17) is 9.88 Å². The Hall–Kier alpha value is -0.660. The number of likely N-dealkylation sites (tertiary alicyclic amines) is 1. The molecule has 0 aliphatic carbocycles. The second kappa shape index (κ2) is 5.54. The van der Waals surface area contributed by atoms with Crippen LogP contribution < -0.4 is 5.14 Å². The van der Waals surface area contributed by atoms with E-state index in [2.05, 4.69) is 0 Å². The fourth-order valence-electron chi connectivity index (χ4n) is 1.98. The Kier molecular flexibility index (Phi) is 4.74.